The second-order valence-corrected chi connectivity index (χ2v) is 7.43. The fraction of sp³-hybridized carbons (Fsp3) is 0.318. The maximum atomic E-state index is 13.2. The smallest absolute Gasteiger partial charge is 0.261 e. The Balaban J connectivity index is 1.99. The van der Waals surface area contributed by atoms with Crippen LogP contribution in [0.15, 0.2) is 53.3 Å². The van der Waals surface area contributed by atoms with Gasteiger partial charge in [0, 0.05) is 19.1 Å². The molecule has 3 rings (SSSR count). The third kappa shape index (κ3) is 3.67. The van der Waals surface area contributed by atoms with Gasteiger partial charge in [0.05, 0.1) is 22.9 Å². The lowest BCUT2D eigenvalue weighted by Crippen LogP contribution is -2.37. The number of fused-ring (bicyclic) bond motifs is 1. The van der Waals surface area contributed by atoms with Gasteiger partial charge in [0.2, 0.25) is 5.91 Å². The number of carbonyl (C=O) groups is 1. The average molecular weight is 398 g/mol. The molecule has 0 aliphatic carbocycles. The molecule has 1 aromatic heterocycles. The summed E-state index contributed by atoms with van der Waals surface area (Å²) < 4.78 is 1.51. The second kappa shape index (κ2) is 8.15. The minimum atomic E-state index is -0.369. The number of rotatable bonds is 5. The molecule has 0 N–H and O–H groups in total. The maximum absolute atomic E-state index is 13.2. The Morgan fingerprint density at radius 2 is 1.89 bits per heavy atom. The number of aromatic nitrogens is 2. The second-order valence-electron chi connectivity index (χ2n) is 6.99. The summed E-state index contributed by atoms with van der Waals surface area (Å²) >= 11 is 6.07. The summed E-state index contributed by atoms with van der Waals surface area (Å²) in [6, 6.07) is 14.4. The molecule has 0 saturated heterocycles. The van der Waals surface area contributed by atoms with Crippen LogP contribution in [0, 0.1) is 0 Å². The van der Waals surface area contributed by atoms with E-state index in [2.05, 4.69) is 4.98 Å². The molecular weight excluding hydrogens is 374 g/mol. The zero-order chi connectivity index (χ0) is 20.4. The highest BCUT2D eigenvalue weighted by Gasteiger charge is 2.28. The first-order valence-electron chi connectivity index (χ1n) is 9.33. The van der Waals surface area contributed by atoms with Crippen molar-refractivity contribution in [2.75, 3.05) is 7.05 Å². The van der Waals surface area contributed by atoms with E-state index < -0.39 is 0 Å². The van der Waals surface area contributed by atoms with Crippen molar-refractivity contribution in [3.05, 3.63) is 75.3 Å². The largest absolute Gasteiger partial charge is 0.335 e. The summed E-state index contributed by atoms with van der Waals surface area (Å²) in [6.45, 7) is 3.88. The molecule has 2 aromatic carbocycles. The fourth-order valence-corrected chi connectivity index (χ4v) is 3.65. The van der Waals surface area contributed by atoms with Crippen LogP contribution in [0.3, 0.4) is 0 Å². The van der Waals surface area contributed by atoms with Gasteiger partial charge in [-0.2, -0.15) is 0 Å². The molecule has 0 aliphatic heterocycles. The lowest BCUT2D eigenvalue weighted by atomic mass is 9.94. The Morgan fingerprint density at radius 1 is 1.21 bits per heavy atom. The summed E-state index contributed by atoms with van der Waals surface area (Å²) in [5.41, 5.74) is 1.37. The Hall–Kier alpha value is -2.66. The molecule has 0 aliphatic rings. The van der Waals surface area contributed by atoms with Crippen molar-refractivity contribution in [3.63, 3.8) is 0 Å². The number of amides is 1. The lowest BCUT2D eigenvalue weighted by molar-refractivity contribution is -0.133. The van der Waals surface area contributed by atoms with Crippen molar-refractivity contribution in [3.8, 4) is 0 Å². The third-order valence-corrected chi connectivity index (χ3v) is 5.52. The third-order valence-electron chi connectivity index (χ3n) is 5.28. The van der Waals surface area contributed by atoms with Crippen LogP contribution in [0.1, 0.15) is 43.6 Å². The summed E-state index contributed by atoms with van der Waals surface area (Å²) in [6.07, 6.45) is 0.694. The summed E-state index contributed by atoms with van der Waals surface area (Å²) in [5, 5.41) is 1.03. The van der Waals surface area contributed by atoms with Gasteiger partial charge in [-0.15, -0.1) is 0 Å². The molecule has 0 saturated carbocycles. The van der Waals surface area contributed by atoms with Crippen LogP contribution in [0.4, 0.5) is 0 Å². The summed E-state index contributed by atoms with van der Waals surface area (Å²) in [5.74, 6) is 0.292. The highest BCUT2D eigenvalue weighted by molar-refractivity contribution is 6.31. The zero-order valence-electron chi connectivity index (χ0n) is 16.5. The number of halogens is 1. The molecule has 0 fully saturated rings. The first kappa shape index (κ1) is 20.1. The van der Waals surface area contributed by atoms with E-state index in [1.54, 1.807) is 37.2 Å². The van der Waals surface area contributed by atoms with Crippen LogP contribution in [-0.2, 0) is 11.8 Å². The topological polar surface area (TPSA) is 55.2 Å². The Morgan fingerprint density at radius 3 is 2.54 bits per heavy atom. The predicted molar refractivity (Wildman–Crippen MR) is 113 cm³/mol. The molecule has 146 valence electrons. The Kier molecular flexibility index (Phi) is 5.84. The van der Waals surface area contributed by atoms with Gasteiger partial charge in [-0.05, 0) is 37.1 Å². The van der Waals surface area contributed by atoms with Crippen molar-refractivity contribution in [1.82, 2.24) is 14.5 Å². The SMILES string of the molecule is CCC(C(=O)N(C)C(C)c1nc2cc(Cl)ccc2c(=O)n1C)c1ccccc1. The molecule has 0 bridgehead atoms. The normalized spacial score (nSPS) is 13.3. The van der Waals surface area contributed by atoms with Crippen LogP contribution >= 0.6 is 11.6 Å². The summed E-state index contributed by atoms with van der Waals surface area (Å²) in [7, 11) is 3.44. The van der Waals surface area contributed by atoms with E-state index >= 15 is 0 Å². The van der Waals surface area contributed by atoms with Crippen molar-refractivity contribution < 1.29 is 4.79 Å². The highest BCUT2D eigenvalue weighted by atomic mass is 35.5. The van der Waals surface area contributed by atoms with Crippen LogP contribution < -0.4 is 5.56 Å². The molecule has 3 aromatic rings. The van der Waals surface area contributed by atoms with E-state index in [1.807, 2.05) is 44.2 Å². The number of carbonyl (C=O) groups excluding carboxylic acids is 1. The molecule has 0 spiro atoms. The minimum Gasteiger partial charge on any atom is -0.335 e. The lowest BCUT2D eigenvalue weighted by Gasteiger charge is -2.29. The van der Waals surface area contributed by atoms with E-state index in [9.17, 15) is 9.59 Å². The first-order valence-corrected chi connectivity index (χ1v) is 9.70. The van der Waals surface area contributed by atoms with Gasteiger partial charge in [0.25, 0.3) is 5.56 Å². The molecule has 1 amide bonds. The van der Waals surface area contributed by atoms with E-state index in [0.29, 0.717) is 28.2 Å². The number of hydrogen-bond donors (Lipinski definition) is 0. The van der Waals surface area contributed by atoms with Gasteiger partial charge in [0.15, 0.2) is 0 Å². The molecular formula is C22H24ClN3O2. The van der Waals surface area contributed by atoms with Gasteiger partial charge in [0.1, 0.15) is 5.82 Å². The molecule has 0 radical (unpaired) electrons. The van der Waals surface area contributed by atoms with Gasteiger partial charge in [-0.25, -0.2) is 4.98 Å². The minimum absolute atomic E-state index is 0.00152. The van der Waals surface area contributed by atoms with E-state index in [1.165, 1.54) is 4.57 Å². The monoisotopic (exact) mass is 397 g/mol. The number of nitrogens with zero attached hydrogens (tertiary/aromatic N) is 3. The molecule has 1 heterocycles. The van der Waals surface area contributed by atoms with Gasteiger partial charge >= 0.3 is 0 Å². The fourth-order valence-electron chi connectivity index (χ4n) is 3.48. The molecule has 5 nitrogen and oxygen atoms in total. The van der Waals surface area contributed by atoms with Crippen LogP contribution in [-0.4, -0.2) is 27.4 Å². The van der Waals surface area contributed by atoms with E-state index in [-0.39, 0.29) is 23.4 Å². The summed E-state index contributed by atoms with van der Waals surface area (Å²) in [4.78, 5) is 32.2. The van der Waals surface area contributed by atoms with Crippen molar-refractivity contribution >= 4 is 28.4 Å². The number of hydrogen-bond acceptors (Lipinski definition) is 3. The van der Waals surface area contributed by atoms with Crippen molar-refractivity contribution in [1.29, 1.82) is 0 Å². The zero-order valence-corrected chi connectivity index (χ0v) is 17.3. The van der Waals surface area contributed by atoms with E-state index in [0.717, 1.165) is 5.56 Å². The number of likely N-dealkylation sites (N-methyl/N-ethyl adjacent to an activating group) is 1. The van der Waals surface area contributed by atoms with Crippen LogP contribution in [0.2, 0.25) is 5.02 Å². The number of benzene rings is 2. The van der Waals surface area contributed by atoms with Gasteiger partial charge < -0.3 is 4.90 Å². The molecule has 2 atom stereocenters. The van der Waals surface area contributed by atoms with Crippen molar-refractivity contribution in [2.24, 2.45) is 7.05 Å². The standard InChI is InChI=1S/C22H24ClN3O2/c1-5-17(15-9-7-6-8-10-15)21(27)25(3)14(2)20-24-19-13-16(23)11-12-18(19)22(28)26(20)4/h6-14,17H,5H2,1-4H3. The Bertz CT molecular complexity index is 1060. The van der Waals surface area contributed by atoms with E-state index in [4.69, 9.17) is 11.6 Å². The first-order chi connectivity index (χ1) is 13.3. The molecule has 2 unspecified atom stereocenters. The van der Waals surface area contributed by atoms with Gasteiger partial charge in [-0.3, -0.25) is 14.2 Å². The quantitative estimate of drug-likeness (QED) is 0.645. The van der Waals surface area contributed by atoms with Crippen LogP contribution in [0.25, 0.3) is 10.9 Å². The average Bonchev–Trinajstić information content (AvgIpc) is 2.70. The highest BCUT2D eigenvalue weighted by Crippen LogP contribution is 2.26. The maximum Gasteiger partial charge on any atom is 0.261 e. The van der Waals surface area contributed by atoms with Crippen molar-refractivity contribution in [2.45, 2.75) is 32.2 Å². The molecule has 6 heteroatoms. The predicted octanol–water partition coefficient (Wildman–Crippen LogP) is 4.30. The van der Waals surface area contributed by atoms with Crippen LogP contribution in [0.5, 0.6) is 0 Å². The molecule has 28 heavy (non-hydrogen) atoms. The van der Waals surface area contributed by atoms with Gasteiger partial charge in [-0.1, -0.05) is 48.9 Å². The Labute approximate surface area is 169 Å².